The van der Waals surface area contributed by atoms with Crippen LogP contribution in [0.4, 0.5) is 0 Å². The van der Waals surface area contributed by atoms with E-state index in [1.807, 2.05) is 13.8 Å². The van der Waals surface area contributed by atoms with Crippen LogP contribution in [0, 0.1) is 5.92 Å². The molecule has 5 heteroatoms. The van der Waals surface area contributed by atoms with E-state index >= 15 is 0 Å². The van der Waals surface area contributed by atoms with Crippen molar-refractivity contribution in [3.05, 3.63) is 23.7 Å². The van der Waals surface area contributed by atoms with Gasteiger partial charge in [-0.15, -0.1) is 0 Å². The summed E-state index contributed by atoms with van der Waals surface area (Å²) in [6.07, 6.45) is 3.79. The van der Waals surface area contributed by atoms with Crippen molar-refractivity contribution in [3.63, 3.8) is 0 Å². The highest BCUT2D eigenvalue weighted by molar-refractivity contribution is 5.95. The molecule has 0 aliphatic rings. The van der Waals surface area contributed by atoms with E-state index in [4.69, 9.17) is 9.52 Å². The van der Waals surface area contributed by atoms with Crippen LogP contribution in [0.1, 0.15) is 49.2 Å². The lowest BCUT2D eigenvalue weighted by Gasteiger charge is -2.10. The molecule has 1 unspecified atom stereocenters. The number of carboxylic acid groups (broad SMARTS) is 1. The van der Waals surface area contributed by atoms with Gasteiger partial charge >= 0.3 is 5.97 Å². The van der Waals surface area contributed by atoms with Crippen LogP contribution < -0.4 is 5.32 Å². The normalized spacial score (nSPS) is 12.1. The topological polar surface area (TPSA) is 79.5 Å². The molecule has 0 spiro atoms. The quantitative estimate of drug-likeness (QED) is 0.758. The molecule has 0 aliphatic heterocycles. The predicted octanol–water partition coefficient (Wildman–Crippen LogP) is 2.46. The van der Waals surface area contributed by atoms with E-state index in [0.29, 0.717) is 30.7 Å². The van der Waals surface area contributed by atoms with Gasteiger partial charge in [0, 0.05) is 19.4 Å². The average molecular weight is 267 g/mol. The minimum absolute atomic E-state index is 0.129. The molecule has 1 aromatic heterocycles. The van der Waals surface area contributed by atoms with Crippen molar-refractivity contribution < 1.29 is 19.1 Å². The number of amides is 1. The number of furan rings is 1. The molecule has 0 saturated carbocycles. The second kappa shape index (κ2) is 7.61. The van der Waals surface area contributed by atoms with Gasteiger partial charge in [0.2, 0.25) is 0 Å². The fourth-order valence-electron chi connectivity index (χ4n) is 1.86. The number of hydrogen-bond donors (Lipinski definition) is 2. The van der Waals surface area contributed by atoms with E-state index in [0.717, 1.165) is 6.42 Å². The number of hydrogen-bond acceptors (Lipinski definition) is 3. The largest absolute Gasteiger partial charge is 0.481 e. The maximum atomic E-state index is 11.9. The second-order valence-corrected chi connectivity index (χ2v) is 4.69. The van der Waals surface area contributed by atoms with Gasteiger partial charge in [-0.1, -0.05) is 13.8 Å². The number of rotatable bonds is 8. The van der Waals surface area contributed by atoms with Gasteiger partial charge in [-0.3, -0.25) is 9.59 Å². The highest BCUT2D eigenvalue weighted by atomic mass is 16.4. The third kappa shape index (κ3) is 5.16. The molecular formula is C14H21NO4. The van der Waals surface area contributed by atoms with E-state index in [1.54, 1.807) is 6.07 Å². The van der Waals surface area contributed by atoms with E-state index < -0.39 is 5.97 Å². The van der Waals surface area contributed by atoms with Crippen LogP contribution in [0.5, 0.6) is 0 Å². The molecule has 1 rings (SSSR count). The molecule has 0 bridgehead atoms. The van der Waals surface area contributed by atoms with Crippen molar-refractivity contribution in [2.45, 2.75) is 39.5 Å². The number of carbonyl (C=O) groups is 2. The molecule has 1 atom stereocenters. The zero-order chi connectivity index (χ0) is 14.3. The van der Waals surface area contributed by atoms with E-state index in [-0.39, 0.29) is 18.2 Å². The lowest BCUT2D eigenvalue weighted by molar-refractivity contribution is -0.137. The van der Waals surface area contributed by atoms with Crippen molar-refractivity contribution in [1.82, 2.24) is 5.32 Å². The Hall–Kier alpha value is -1.78. The zero-order valence-electron chi connectivity index (χ0n) is 11.4. The van der Waals surface area contributed by atoms with Crippen LogP contribution in [-0.2, 0) is 11.2 Å². The first kappa shape index (κ1) is 15.3. The van der Waals surface area contributed by atoms with Gasteiger partial charge < -0.3 is 14.8 Å². The summed E-state index contributed by atoms with van der Waals surface area (Å²) in [4.78, 5) is 22.3. The standard InChI is InChI=1S/C14H21NO4/c1-3-12-11(7-9-19-12)14(18)15-8-6-10(2)4-5-13(16)17/h7,9-10H,3-6,8H2,1-2H3,(H,15,18)(H,16,17). The monoisotopic (exact) mass is 267 g/mol. The van der Waals surface area contributed by atoms with Crippen LogP contribution in [0.2, 0.25) is 0 Å². The molecule has 0 aliphatic carbocycles. The van der Waals surface area contributed by atoms with Gasteiger partial charge in [0.15, 0.2) is 0 Å². The third-order valence-corrected chi connectivity index (χ3v) is 3.08. The van der Waals surface area contributed by atoms with Crippen molar-refractivity contribution in [1.29, 1.82) is 0 Å². The minimum atomic E-state index is -0.776. The maximum Gasteiger partial charge on any atom is 0.303 e. The predicted molar refractivity (Wildman–Crippen MR) is 71.1 cm³/mol. The van der Waals surface area contributed by atoms with Crippen molar-refractivity contribution in [2.24, 2.45) is 5.92 Å². The van der Waals surface area contributed by atoms with Gasteiger partial charge in [-0.25, -0.2) is 0 Å². The Bertz CT molecular complexity index is 425. The third-order valence-electron chi connectivity index (χ3n) is 3.08. The van der Waals surface area contributed by atoms with Crippen molar-refractivity contribution in [2.75, 3.05) is 6.54 Å². The summed E-state index contributed by atoms with van der Waals surface area (Å²) in [7, 11) is 0. The fourth-order valence-corrected chi connectivity index (χ4v) is 1.86. The molecule has 1 aromatic rings. The van der Waals surface area contributed by atoms with Gasteiger partial charge in [0.05, 0.1) is 11.8 Å². The Labute approximate surface area is 113 Å². The molecule has 2 N–H and O–H groups in total. The van der Waals surface area contributed by atoms with Gasteiger partial charge in [0.1, 0.15) is 5.76 Å². The molecule has 19 heavy (non-hydrogen) atoms. The number of carboxylic acids is 1. The second-order valence-electron chi connectivity index (χ2n) is 4.69. The minimum Gasteiger partial charge on any atom is -0.481 e. The number of aliphatic carboxylic acids is 1. The Morgan fingerprint density at radius 2 is 2.16 bits per heavy atom. The fraction of sp³-hybridized carbons (Fsp3) is 0.571. The van der Waals surface area contributed by atoms with Crippen molar-refractivity contribution in [3.8, 4) is 0 Å². The lowest BCUT2D eigenvalue weighted by atomic mass is 10.0. The first-order chi connectivity index (χ1) is 9.04. The molecule has 0 aromatic carbocycles. The van der Waals surface area contributed by atoms with Crippen LogP contribution in [0.25, 0.3) is 0 Å². The van der Waals surface area contributed by atoms with Crippen LogP contribution in [0.15, 0.2) is 16.7 Å². The summed E-state index contributed by atoms with van der Waals surface area (Å²) in [5.74, 6) is 0.0701. The summed E-state index contributed by atoms with van der Waals surface area (Å²) in [5.41, 5.74) is 0.584. The molecule has 0 saturated heterocycles. The van der Waals surface area contributed by atoms with Crippen LogP contribution in [-0.4, -0.2) is 23.5 Å². The van der Waals surface area contributed by atoms with E-state index in [9.17, 15) is 9.59 Å². The molecule has 5 nitrogen and oxygen atoms in total. The van der Waals surface area contributed by atoms with Crippen LogP contribution >= 0.6 is 0 Å². The molecule has 0 radical (unpaired) electrons. The first-order valence-corrected chi connectivity index (χ1v) is 6.61. The van der Waals surface area contributed by atoms with E-state index in [2.05, 4.69) is 5.32 Å². The Morgan fingerprint density at radius 3 is 2.79 bits per heavy atom. The SMILES string of the molecule is CCc1occc1C(=O)NCCC(C)CCC(=O)O. The zero-order valence-corrected chi connectivity index (χ0v) is 11.4. The lowest BCUT2D eigenvalue weighted by Crippen LogP contribution is -2.26. The molecule has 1 amide bonds. The van der Waals surface area contributed by atoms with E-state index in [1.165, 1.54) is 6.26 Å². The smallest absolute Gasteiger partial charge is 0.303 e. The summed E-state index contributed by atoms with van der Waals surface area (Å²) in [6.45, 7) is 4.47. The number of carbonyl (C=O) groups excluding carboxylic acids is 1. The molecule has 1 heterocycles. The van der Waals surface area contributed by atoms with Crippen LogP contribution in [0.3, 0.4) is 0 Å². The average Bonchev–Trinajstić information content (AvgIpc) is 2.84. The highest BCUT2D eigenvalue weighted by Gasteiger charge is 2.13. The molecule has 106 valence electrons. The van der Waals surface area contributed by atoms with Gasteiger partial charge in [-0.2, -0.15) is 0 Å². The Balaban J connectivity index is 2.29. The number of nitrogens with one attached hydrogen (secondary N) is 1. The number of aryl methyl sites for hydroxylation is 1. The summed E-state index contributed by atoms with van der Waals surface area (Å²) in [6, 6.07) is 1.67. The Kier molecular flexibility index (Phi) is 6.12. The molecular weight excluding hydrogens is 246 g/mol. The van der Waals surface area contributed by atoms with Crippen molar-refractivity contribution >= 4 is 11.9 Å². The summed E-state index contributed by atoms with van der Waals surface area (Å²) in [5, 5.41) is 11.4. The highest BCUT2D eigenvalue weighted by Crippen LogP contribution is 2.12. The maximum absolute atomic E-state index is 11.9. The van der Waals surface area contributed by atoms with Gasteiger partial charge in [0.25, 0.3) is 5.91 Å². The summed E-state index contributed by atoms with van der Waals surface area (Å²) >= 11 is 0. The van der Waals surface area contributed by atoms with Gasteiger partial charge in [-0.05, 0) is 24.8 Å². The molecule has 0 fully saturated rings. The Morgan fingerprint density at radius 1 is 1.42 bits per heavy atom. The first-order valence-electron chi connectivity index (χ1n) is 6.61. The summed E-state index contributed by atoms with van der Waals surface area (Å²) < 4.78 is 5.20.